The van der Waals surface area contributed by atoms with E-state index in [1.807, 2.05) is 18.2 Å². The Bertz CT molecular complexity index is 396. The molecule has 1 heterocycles. The van der Waals surface area contributed by atoms with E-state index in [1.54, 1.807) is 4.90 Å². The Balaban J connectivity index is 2.21. The summed E-state index contributed by atoms with van der Waals surface area (Å²) >= 11 is 0. The Morgan fingerprint density at radius 3 is 2.53 bits per heavy atom. The molecule has 0 aliphatic carbocycles. The van der Waals surface area contributed by atoms with Gasteiger partial charge in [0.25, 0.3) is 0 Å². The summed E-state index contributed by atoms with van der Waals surface area (Å²) in [5, 5.41) is 1.21. The standard InChI is InChI=1S/C13H17NO/c1-3-14(4-2)10-12-9-11-7-5-6-8-13(11)15-12/h5-9H,3-4,10H2,1-2H3/p+1. The van der Waals surface area contributed by atoms with Crippen molar-refractivity contribution in [3.63, 3.8) is 0 Å². The molecular formula is C13H18NO+. The number of nitrogens with one attached hydrogen (secondary N) is 1. The van der Waals surface area contributed by atoms with Crippen LogP contribution in [-0.4, -0.2) is 13.1 Å². The Kier molecular flexibility index (Phi) is 3.07. The fraction of sp³-hybridized carbons (Fsp3) is 0.385. The van der Waals surface area contributed by atoms with Crippen molar-refractivity contribution in [2.75, 3.05) is 13.1 Å². The normalized spacial score (nSPS) is 11.4. The summed E-state index contributed by atoms with van der Waals surface area (Å²) in [4.78, 5) is 1.55. The highest BCUT2D eigenvalue weighted by Gasteiger charge is 2.09. The van der Waals surface area contributed by atoms with Gasteiger partial charge in [0.2, 0.25) is 0 Å². The van der Waals surface area contributed by atoms with E-state index in [9.17, 15) is 0 Å². The van der Waals surface area contributed by atoms with Crippen molar-refractivity contribution in [2.24, 2.45) is 0 Å². The Morgan fingerprint density at radius 2 is 1.87 bits per heavy atom. The van der Waals surface area contributed by atoms with Crippen LogP contribution in [0.15, 0.2) is 34.7 Å². The highest BCUT2D eigenvalue weighted by atomic mass is 16.3. The summed E-state index contributed by atoms with van der Waals surface area (Å²) in [5.41, 5.74) is 0.999. The van der Waals surface area contributed by atoms with Crippen molar-refractivity contribution in [1.29, 1.82) is 0 Å². The molecule has 0 aliphatic rings. The second kappa shape index (κ2) is 4.49. The van der Waals surface area contributed by atoms with Crippen molar-refractivity contribution in [2.45, 2.75) is 20.4 Å². The monoisotopic (exact) mass is 204 g/mol. The molecule has 1 N–H and O–H groups in total. The van der Waals surface area contributed by atoms with Crippen molar-refractivity contribution < 1.29 is 9.32 Å². The summed E-state index contributed by atoms with van der Waals surface area (Å²) in [6.45, 7) is 7.70. The smallest absolute Gasteiger partial charge is 0.159 e. The van der Waals surface area contributed by atoms with Crippen LogP contribution in [0.2, 0.25) is 0 Å². The van der Waals surface area contributed by atoms with Crippen LogP contribution < -0.4 is 4.90 Å². The molecule has 1 aromatic carbocycles. The number of para-hydroxylation sites is 1. The topological polar surface area (TPSA) is 17.6 Å². The molecule has 0 bridgehead atoms. The van der Waals surface area contributed by atoms with Crippen molar-refractivity contribution in [1.82, 2.24) is 0 Å². The third kappa shape index (κ3) is 2.21. The minimum atomic E-state index is 0.988. The number of fused-ring (bicyclic) bond motifs is 1. The molecule has 0 spiro atoms. The molecule has 0 saturated heterocycles. The summed E-state index contributed by atoms with van der Waals surface area (Å²) in [6, 6.07) is 10.3. The van der Waals surface area contributed by atoms with Gasteiger partial charge in [-0.1, -0.05) is 18.2 Å². The lowest BCUT2D eigenvalue weighted by Gasteiger charge is -2.12. The maximum atomic E-state index is 5.78. The van der Waals surface area contributed by atoms with Gasteiger partial charge in [0, 0.05) is 5.39 Å². The number of quaternary nitrogens is 1. The summed E-state index contributed by atoms with van der Waals surface area (Å²) in [5.74, 6) is 1.09. The van der Waals surface area contributed by atoms with E-state index in [4.69, 9.17) is 4.42 Å². The van der Waals surface area contributed by atoms with Gasteiger partial charge in [-0.05, 0) is 26.0 Å². The molecule has 0 radical (unpaired) electrons. The molecule has 0 saturated carbocycles. The Morgan fingerprint density at radius 1 is 1.13 bits per heavy atom. The first-order valence-electron chi connectivity index (χ1n) is 5.64. The second-order valence-corrected chi connectivity index (χ2v) is 3.88. The van der Waals surface area contributed by atoms with Gasteiger partial charge in [-0.25, -0.2) is 0 Å². The number of furan rings is 1. The highest BCUT2D eigenvalue weighted by Crippen LogP contribution is 2.17. The predicted octanol–water partition coefficient (Wildman–Crippen LogP) is 1.86. The molecule has 0 aliphatic heterocycles. The van der Waals surface area contributed by atoms with E-state index in [2.05, 4.69) is 26.0 Å². The van der Waals surface area contributed by atoms with Crippen LogP contribution in [0.4, 0.5) is 0 Å². The fourth-order valence-electron chi connectivity index (χ4n) is 1.87. The maximum absolute atomic E-state index is 5.78. The predicted molar refractivity (Wildman–Crippen MR) is 62.0 cm³/mol. The van der Waals surface area contributed by atoms with E-state index in [0.29, 0.717) is 0 Å². The molecule has 0 fully saturated rings. The first kappa shape index (κ1) is 10.2. The average molecular weight is 204 g/mol. The van der Waals surface area contributed by atoms with Gasteiger partial charge < -0.3 is 9.32 Å². The summed E-state index contributed by atoms with van der Waals surface area (Å²) in [6.07, 6.45) is 0. The van der Waals surface area contributed by atoms with E-state index in [1.165, 1.54) is 5.39 Å². The van der Waals surface area contributed by atoms with Gasteiger partial charge in [0.05, 0.1) is 13.1 Å². The van der Waals surface area contributed by atoms with E-state index >= 15 is 0 Å². The van der Waals surface area contributed by atoms with Gasteiger partial charge >= 0.3 is 0 Å². The SMILES string of the molecule is CC[NH+](CC)Cc1cc2ccccc2o1. The average Bonchev–Trinajstić information content (AvgIpc) is 2.68. The minimum Gasteiger partial charge on any atom is -0.455 e. The van der Waals surface area contributed by atoms with Crippen molar-refractivity contribution in [3.05, 3.63) is 36.1 Å². The summed E-state index contributed by atoms with van der Waals surface area (Å²) < 4.78 is 5.78. The van der Waals surface area contributed by atoms with Crippen LogP contribution in [0.3, 0.4) is 0 Å². The van der Waals surface area contributed by atoms with Crippen molar-refractivity contribution in [3.8, 4) is 0 Å². The minimum absolute atomic E-state index is 0.988. The maximum Gasteiger partial charge on any atom is 0.159 e. The molecule has 0 amide bonds. The lowest BCUT2D eigenvalue weighted by molar-refractivity contribution is -0.911. The molecule has 1 aromatic heterocycles. The number of rotatable bonds is 4. The molecule has 2 nitrogen and oxygen atoms in total. The summed E-state index contributed by atoms with van der Waals surface area (Å²) in [7, 11) is 0. The Labute approximate surface area is 90.5 Å². The second-order valence-electron chi connectivity index (χ2n) is 3.88. The molecule has 2 heteroatoms. The van der Waals surface area contributed by atoms with Crippen LogP contribution in [-0.2, 0) is 6.54 Å². The number of hydrogen-bond donors (Lipinski definition) is 1. The van der Waals surface area contributed by atoms with Gasteiger partial charge in [-0.15, -0.1) is 0 Å². The van der Waals surface area contributed by atoms with Gasteiger partial charge in [-0.2, -0.15) is 0 Å². The third-order valence-corrected chi connectivity index (χ3v) is 2.90. The van der Waals surface area contributed by atoms with Crippen LogP contribution >= 0.6 is 0 Å². The molecule has 2 rings (SSSR count). The lowest BCUT2D eigenvalue weighted by atomic mass is 10.2. The van der Waals surface area contributed by atoms with E-state index in [0.717, 1.165) is 31.0 Å². The lowest BCUT2D eigenvalue weighted by Crippen LogP contribution is -3.10. The quantitative estimate of drug-likeness (QED) is 0.804. The zero-order chi connectivity index (χ0) is 10.7. The van der Waals surface area contributed by atoms with Crippen LogP contribution in [0, 0.1) is 0 Å². The largest absolute Gasteiger partial charge is 0.455 e. The molecule has 80 valence electrons. The highest BCUT2D eigenvalue weighted by molar-refractivity contribution is 5.77. The van der Waals surface area contributed by atoms with Crippen LogP contribution in [0.5, 0.6) is 0 Å². The molecule has 2 aromatic rings. The fourth-order valence-corrected chi connectivity index (χ4v) is 1.87. The van der Waals surface area contributed by atoms with Crippen LogP contribution in [0.1, 0.15) is 19.6 Å². The van der Waals surface area contributed by atoms with E-state index < -0.39 is 0 Å². The molecule has 0 unspecified atom stereocenters. The zero-order valence-corrected chi connectivity index (χ0v) is 9.42. The first-order chi connectivity index (χ1) is 7.33. The number of benzene rings is 1. The Hall–Kier alpha value is -1.28. The first-order valence-corrected chi connectivity index (χ1v) is 5.64. The van der Waals surface area contributed by atoms with Gasteiger partial charge in [-0.3, -0.25) is 0 Å². The van der Waals surface area contributed by atoms with Gasteiger partial charge in [0.1, 0.15) is 12.1 Å². The van der Waals surface area contributed by atoms with Crippen LogP contribution in [0.25, 0.3) is 11.0 Å². The zero-order valence-electron chi connectivity index (χ0n) is 9.42. The van der Waals surface area contributed by atoms with Gasteiger partial charge in [0.15, 0.2) is 5.76 Å². The van der Waals surface area contributed by atoms with E-state index in [-0.39, 0.29) is 0 Å². The molecule has 15 heavy (non-hydrogen) atoms. The molecule has 0 atom stereocenters. The molecular weight excluding hydrogens is 186 g/mol. The number of hydrogen-bond acceptors (Lipinski definition) is 1. The van der Waals surface area contributed by atoms with Crippen molar-refractivity contribution >= 4 is 11.0 Å². The third-order valence-electron chi connectivity index (χ3n) is 2.90.